The van der Waals surface area contributed by atoms with Gasteiger partial charge in [-0.25, -0.2) is 9.67 Å². The Morgan fingerprint density at radius 3 is 2.66 bits per heavy atom. The number of ketones is 1. The van der Waals surface area contributed by atoms with Gasteiger partial charge in [0, 0.05) is 35.0 Å². The zero-order chi connectivity index (χ0) is 24.6. The fraction of sp³-hybridized carbons (Fsp3) is 0.400. The lowest BCUT2D eigenvalue weighted by Gasteiger charge is -2.71. The topological polar surface area (TPSA) is 77.2 Å². The molecule has 1 aromatic carbocycles. The molecule has 182 valence electrons. The fourth-order valence-corrected chi connectivity index (χ4v) is 6.20. The van der Waals surface area contributed by atoms with Crippen LogP contribution in [0.1, 0.15) is 55.0 Å². The molecule has 2 bridgehead atoms. The number of benzene rings is 1. The summed E-state index contributed by atoms with van der Waals surface area (Å²) in [5.41, 5.74) is 1.02. The van der Waals surface area contributed by atoms with E-state index in [1.807, 2.05) is 6.20 Å². The molecule has 3 fully saturated rings. The highest BCUT2D eigenvalue weighted by molar-refractivity contribution is 6.30. The van der Waals surface area contributed by atoms with Gasteiger partial charge in [0.1, 0.15) is 11.4 Å². The molecule has 35 heavy (non-hydrogen) atoms. The van der Waals surface area contributed by atoms with Crippen molar-refractivity contribution in [2.75, 3.05) is 0 Å². The number of aliphatic hydroxyl groups excluding tert-OH is 1. The Labute approximate surface area is 203 Å². The number of hydrogen-bond acceptors (Lipinski definition) is 5. The molecule has 0 unspecified atom stereocenters. The van der Waals surface area contributed by atoms with Crippen LogP contribution < -0.4 is 4.74 Å². The van der Waals surface area contributed by atoms with Crippen LogP contribution in [0.5, 0.6) is 5.75 Å². The van der Waals surface area contributed by atoms with Gasteiger partial charge in [0.15, 0.2) is 11.9 Å². The number of carbonyl (C=O) groups excluding carboxylic acids is 1. The van der Waals surface area contributed by atoms with Gasteiger partial charge in [0.05, 0.1) is 24.2 Å². The van der Waals surface area contributed by atoms with Crippen molar-refractivity contribution in [3.05, 3.63) is 70.8 Å². The van der Waals surface area contributed by atoms with E-state index >= 15 is 0 Å². The number of ether oxygens (including phenoxy) is 1. The van der Waals surface area contributed by atoms with Crippen LogP contribution >= 0.6 is 11.6 Å². The minimum atomic E-state index is -4.48. The Hall–Kier alpha value is -2.91. The number of aromatic nitrogens is 3. The lowest BCUT2D eigenvalue weighted by molar-refractivity contribution is -0.163. The second-order valence-electron chi connectivity index (χ2n) is 10.1. The Bertz CT molecular complexity index is 1300. The molecule has 0 spiro atoms. The van der Waals surface area contributed by atoms with Crippen molar-refractivity contribution >= 4 is 17.4 Å². The Morgan fingerprint density at radius 1 is 1.20 bits per heavy atom. The molecule has 3 saturated carbocycles. The van der Waals surface area contributed by atoms with Crippen LogP contribution in [0.3, 0.4) is 0 Å². The number of aliphatic hydroxyl groups is 1. The predicted octanol–water partition coefficient (Wildman–Crippen LogP) is 5.21. The van der Waals surface area contributed by atoms with Crippen molar-refractivity contribution in [3.63, 3.8) is 0 Å². The van der Waals surface area contributed by atoms with Gasteiger partial charge in [-0.3, -0.25) is 4.79 Å². The zero-order valence-corrected chi connectivity index (χ0v) is 19.2. The lowest BCUT2D eigenvalue weighted by atomic mass is 9.32. The average molecular weight is 504 g/mol. The third-order valence-electron chi connectivity index (χ3n) is 7.58. The third kappa shape index (κ3) is 3.72. The number of pyridine rings is 1. The van der Waals surface area contributed by atoms with E-state index in [0.29, 0.717) is 28.4 Å². The van der Waals surface area contributed by atoms with E-state index in [4.69, 9.17) is 16.3 Å². The van der Waals surface area contributed by atoms with E-state index in [1.165, 1.54) is 10.7 Å². The number of Topliss-reactive ketones (excluding diaryl/α,β-unsaturated/α-hetero) is 1. The number of alkyl halides is 3. The molecule has 0 amide bonds. The SMILES string of the molecule is O=C(CC12CC(c3cnn(-c4ccc(C(F)(F)F)nc4)c3)(C1)C2)[C@H]1C[C@@H](O)c2cc(Cl)ccc2O1. The summed E-state index contributed by atoms with van der Waals surface area (Å²) in [6.07, 6.45) is 1.93. The quantitative estimate of drug-likeness (QED) is 0.517. The van der Waals surface area contributed by atoms with Crippen LogP contribution in [0.2, 0.25) is 5.02 Å². The third-order valence-corrected chi connectivity index (χ3v) is 7.82. The molecule has 4 aliphatic rings. The molecule has 3 aromatic rings. The lowest BCUT2D eigenvalue weighted by Crippen LogP contribution is -2.65. The number of hydrogen-bond donors (Lipinski definition) is 1. The zero-order valence-electron chi connectivity index (χ0n) is 18.4. The molecule has 0 radical (unpaired) electrons. The van der Waals surface area contributed by atoms with E-state index in [9.17, 15) is 23.1 Å². The highest BCUT2D eigenvalue weighted by Crippen LogP contribution is 2.75. The van der Waals surface area contributed by atoms with Gasteiger partial charge in [-0.2, -0.15) is 18.3 Å². The molecule has 2 aromatic heterocycles. The maximum Gasteiger partial charge on any atom is 0.433 e. The first kappa shape index (κ1) is 22.5. The molecular weight excluding hydrogens is 483 g/mol. The van der Waals surface area contributed by atoms with E-state index in [2.05, 4.69) is 10.1 Å². The Balaban J connectivity index is 1.09. The first-order valence-corrected chi connectivity index (χ1v) is 11.7. The van der Waals surface area contributed by atoms with Crippen molar-refractivity contribution in [3.8, 4) is 11.4 Å². The largest absolute Gasteiger partial charge is 0.482 e. The fourth-order valence-electron chi connectivity index (χ4n) is 6.02. The highest BCUT2D eigenvalue weighted by atomic mass is 35.5. The Morgan fingerprint density at radius 2 is 1.97 bits per heavy atom. The van der Waals surface area contributed by atoms with Crippen molar-refractivity contribution in [1.82, 2.24) is 14.8 Å². The van der Waals surface area contributed by atoms with Gasteiger partial charge in [-0.1, -0.05) is 11.6 Å². The summed E-state index contributed by atoms with van der Waals surface area (Å²) in [4.78, 5) is 16.5. The van der Waals surface area contributed by atoms with Gasteiger partial charge in [-0.05, 0) is 60.6 Å². The molecule has 6 nitrogen and oxygen atoms in total. The maximum atomic E-state index is 13.0. The summed E-state index contributed by atoms with van der Waals surface area (Å²) in [7, 11) is 0. The summed E-state index contributed by atoms with van der Waals surface area (Å²) in [6.45, 7) is 0. The first-order valence-electron chi connectivity index (χ1n) is 11.3. The van der Waals surface area contributed by atoms with Crippen LogP contribution in [0.4, 0.5) is 13.2 Å². The molecule has 1 aliphatic heterocycles. The molecule has 0 saturated heterocycles. The van der Waals surface area contributed by atoms with Gasteiger partial charge >= 0.3 is 6.18 Å². The van der Waals surface area contributed by atoms with E-state index in [1.54, 1.807) is 24.4 Å². The second-order valence-corrected chi connectivity index (χ2v) is 10.5. The van der Waals surface area contributed by atoms with E-state index < -0.39 is 24.1 Å². The van der Waals surface area contributed by atoms with Gasteiger partial charge < -0.3 is 9.84 Å². The van der Waals surface area contributed by atoms with Crippen molar-refractivity contribution in [2.24, 2.45) is 5.41 Å². The molecular formula is C25H21ClF3N3O3. The van der Waals surface area contributed by atoms with Crippen LogP contribution in [0.25, 0.3) is 5.69 Å². The van der Waals surface area contributed by atoms with Gasteiger partial charge in [0.2, 0.25) is 0 Å². The smallest absolute Gasteiger partial charge is 0.433 e. The molecule has 7 rings (SSSR count). The molecule has 1 N–H and O–H groups in total. The van der Waals surface area contributed by atoms with Crippen molar-refractivity contribution < 1.29 is 27.8 Å². The monoisotopic (exact) mass is 503 g/mol. The normalized spacial score (nSPS) is 28.9. The Kier molecular flexibility index (Phi) is 4.86. The summed E-state index contributed by atoms with van der Waals surface area (Å²) in [5, 5.41) is 15.3. The maximum absolute atomic E-state index is 13.0. The second kappa shape index (κ2) is 7.54. The summed E-state index contributed by atoms with van der Waals surface area (Å²) >= 11 is 6.00. The van der Waals surface area contributed by atoms with Crippen molar-refractivity contribution in [1.29, 1.82) is 0 Å². The van der Waals surface area contributed by atoms with Crippen LogP contribution in [-0.4, -0.2) is 31.8 Å². The van der Waals surface area contributed by atoms with Crippen LogP contribution in [-0.2, 0) is 16.4 Å². The van der Waals surface area contributed by atoms with Gasteiger partial charge in [0.25, 0.3) is 0 Å². The summed E-state index contributed by atoms with van der Waals surface area (Å²) < 4.78 is 45.7. The van der Waals surface area contributed by atoms with E-state index in [0.717, 1.165) is 37.1 Å². The predicted molar refractivity (Wildman–Crippen MR) is 119 cm³/mol. The molecule has 3 aliphatic carbocycles. The summed E-state index contributed by atoms with van der Waals surface area (Å²) in [6, 6.07) is 7.30. The van der Waals surface area contributed by atoms with Crippen LogP contribution in [0, 0.1) is 5.41 Å². The number of carbonyl (C=O) groups is 1. The number of fused-ring (bicyclic) bond motifs is 1. The van der Waals surface area contributed by atoms with Gasteiger partial charge in [-0.15, -0.1) is 0 Å². The number of nitrogens with zero attached hydrogens (tertiary/aromatic N) is 3. The van der Waals surface area contributed by atoms with Crippen LogP contribution in [0.15, 0.2) is 48.9 Å². The van der Waals surface area contributed by atoms with E-state index in [-0.39, 0.29) is 23.0 Å². The van der Waals surface area contributed by atoms with Crippen molar-refractivity contribution in [2.45, 2.75) is 55.9 Å². The average Bonchev–Trinajstić information content (AvgIpc) is 3.25. The minimum absolute atomic E-state index is 0.00975. The summed E-state index contributed by atoms with van der Waals surface area (Å²) in [5.74, 6) is 0.482. The first-order chi connectivity index (χ1) is 16.6. The number of halogens is 4. The molecule has 2 atom stereocenters. The molecule has 10 heteroatoms. The standard InChI is InChI=1S/C25H21ClF3N3O3/c26-15-1-3-20-17(5-15)18(33)6-21(35-20)19(34)7-23-11-24(12-23,13-23)14-8-31-32(10-14)16-2-4-22(30-9-16)25(27,28)29/h1-5,8-10,18,21,33H,6-7,11-13H2/t18-,21-,23?,24?/m1/s1. The number of rotatable bonds is 5. The highest BCUT2D eigenvalue weighted by Gasteiger charge is 2.69. The molecule has 3 heterocycles. The minimum Gasteiger partial charge on any atom is -0.482 e.